The fraction of sp³-hybridized carbons (Fsp3) is 0.312. The van der Waals surface area contributed by atoms with Crippen molar-refractivity contribution >= 4 is 17.7 Å². The van der Waals surface area contributed by atoms with E-state index in [1.807, 2.05) is 0 Å². The third-order valence-electron chi connectivity index (χ3n) is 3.47. The Hall–Kier alpha value is -2.15. The minimum absolute atomic E-state index is 0.220. The first-order valence-electron chi connectivity index (χ1n) is 7.00. The summed E-state index contributed by atoms with van der Waals surface area (Å²) in [4.78, 5) is 27.8. The lowest BCUT2D eigenvalue weighted by atomic mass is 10.1. The van der Waals surface area contributed by atoms with Crippen LogP contribution >= 0.6 is 11.8 Å². The second-order valence-corrected chi connectivity index (χ2v) is 6.53. The summed E-state index contributed by atoms with van der Waals surface area (Å²) in [5, 5.41) is 8.65. The van der Waals surface area contributed by atoms with Crippen molar-refractivity contribution in [1.82, 2.24) is 9.55 Å². The van der Waals surface area contributed by atoms with E-state index in [-0.39, 0.29) is 11.4 Å². The molecule has 0 bridgehead atoms. The number of rotatable bonds is 5. The molecule has 1 atom stereocenters. The van der Waals surface area contributed by atoms with Gasteiger partial charge in [0.1, 0.15) is 11.1 Å². The van der Waals surface area contributed by atoms with Crippen LogP contribution < -0.4 is 5.56 Å². The summed E-state index contributed by atoms with van der Waals surface area (Å²) in [6, 6.07) is 5.95. The van der Waals surface area contributed by atoms with Crippen LogP contribution in [0.2, 0.25) is 0 Å². The number of aromatic nitrogens is 2. The number of halogens is 1. The van der Waals surface area contributed by atoms with Crippen molar-refractivity contribution in [1.29, 1.82) is 0 Å². The molecule has 23 heavy (non-hydrogen) atoms. The van der Waals surface area contributed by atoms with E-state index in [4.69, 9.17) is 5.11 Å². The van der Waals surface area contributed by atoms with Gasteiger partial charge in [-0.1, -0.05) is 23.9 Å². The largest absolute Gasteiger partial charge is 0.480 e. The molecule has 2 rings (SSSR count). The lowest BCUT2D eigenvalue weighted by Crippen LogP contribution is -2.27. The summed E-state index contributed by atoms with van der Waals surface area (Å²) in [6.07, 6.45) is 0.352. The molecule has 0 amide bonds. The first-order valence-corrected chi connectivity index (χ1v) is 7.88. The van der Waals surface area contributed by atoms with Crippen LogP contribution in [0.1, 0.15) is 23.7 Å². The lowest BCUT2D eigenvalue weighted by Gasteiger charge is -2.13. The maximum absolute atomic E-state index is 13.0. The molecule has 1 aromatic heterocycles. The molecule has 7 heteroatoms. The Balaban J connectivity index is 2.36. The average Bonchev–Trinajstić information content (AvgIpc) is 2.50. The predicted octanol–water partition coefficient (Wildman–Crippen LogP) is 2.38. The molecular weight excluding hydrogens is 319 g/mol. The van der Waals surface area contributed by atoms with Crippen molar-refractivity contribution < 1.29 is 14.3 Å². The Labute approximate surface area is 137 Å². The molecule has 0 aliphatic carbocycles. The van der Waals surface area contributed by atoms with Gasteiger partial charge in [-0.3, -0.25) is 14.2 Å². The predicted molar refractivity (Wildman–Crippen MR) is 86.4 cm³/mol. The highest BCUT2D eigenvalue weighted by Gasteiger charge is 2.18. The summed E-state index contributed by atoms with van der Waals surface area (Å²) in [5.41, 5.74) is 1.67. The van der Waals surface area contributed by atoms with Crippen molar-refractivity contribution in [3.63, 3.8) is 0 Å². The summed E-state index contributed by atoms with van der Waals surface area (Å²) in [5.74, 6) is -1.29. The van der Waals surface area contributed by atoms with Crippen LogP contribution in [0.5, 0.6) is 0 Å². The smallest absolute Gasteiger partial charge is 0.316 e. The summed E-state index contributed by atoms with van der Waals surface area (Å²) >= 11 is 1.03. The number of aliphatic carboxylic acids is 1. The number of benzene rings is 1. The molecule has 5 nitrogen and oxygen atoms in total. The van der Waals surface area contributed by atoms with Crippen molar-refractivity contribution in [2.75, 3.05) is 0 Å². The van der Waals surface area contributed by atoms with Gasteiger partial charge >= 0.3 is 5.97 Å². The first-order chi connectivity index (χ1) is 10.8. The van der Waals surface area contributed by atoms with Crippen molar-refractivity contribution in [2.24, 2.45) is 7.05 Å². The molecule has 0 spiro atoms. The van der Waals surface area contributed by atoms with Crippen LogP contribution in [-0.2, 0) is 18.3 Å². The highest BCUT2D eigenvalue weighted by atomic mass is 32.2. The van der Waals surface area contributed by atoms with Gasteiger partial charge in [0, 0.05) is 24.7 Å². The molecule has 0 fully saturated rings. The van der Waals surface area contributed by atoms with E-state index in [0.717, 1.165) is 17.3 Å². The fourth-order valence-electron chi connectivity index (χ4n) is 2.05. The maximum atomic E-state index is 13.0. The lowest BCUT2D eigenvalue weighted by molar-refractivity contribution is -0.136. The van der Waals surface area contributed by atoms with Gasteiger partial charge in [-0.05, 0) is 31.5 Å². The molecule has 1 heterocycles. The van der Waals surface area contributed by atoms with Crippen molar-refractivity contribution in [3.05, 3.63) is 57.3 Å². The molecule has 1 aromatic carbocycles. The van der Waals surface area contributed by atoms with E-state index >= 15 is 0 Å². The molecule has 122 valence electrons. The average molecular weight is 336 g/mol. The van der Waals surface area contributed by atoms with Gasteiger partial charge in [-0.15, -0.1) is 0 Å². The second-order valence-electron chi connectivity index (χ2n) is 5.22. The molecule has 1 N–H and O–H groups in total. The Bertz CT molecular complexity index is 787. The SMILES string of the molecule is Cc1nc(SC(C)C(=O)O)n(C)c(=O)c1Cc1ccc(F)cc1. The maximum Gasteiger partial charge on any atom is 0.316 e. The fourth-order valence-corrected chi connectivity index (χ4v) is 2.90. The highest BCUT2D eigenvalue weighted by Crippen LogP contribution is 2.21. The number of carboxylic acids is 1. The van der Waals surface area contributed by atoms with Gasteiger partial charge in [0.25, 0.3) is 5.56 Å². The topological polar surface area (TPSA) is 72.2 Å². The van der Waals surface area contributed by atoms with Gasteiger partial charge in [0.2, 0.25) is 0 Å². The van der Waals surface area contributed by atoms with E-state index in [9.17, 15) is 14.0 Å². The number of nitrogens with zero attached hydrogens (tertiary/aromatic N) is 2. The molecule has 2 aromatic rings. The zero-order valence-electron chi connectivity index (χ0n) is 13.0. The Morgan fingerprint density at radius 1 is 1.39 bits per heavy atom. The number of thioether (sulfide) groups is 1. The zero-order valence-corrected chi connectivity index (χ0v) is 13.9. The van der Waals surface area contributed by atoms with Gasteiger partial charge in [-0.25, -0.2) is 9.37 Å². The van der Waals surface area contributed by atoms with Gasteiger partial charge in [0.05, 0.1) is 0 Å². The number of carbonyl (C=O) groups is 1. The van der Waals surface area contributed by atoms with Crippen LogP contribution in [0.15, 0.2) is 34.2 Å². The van der Waals surface area contributed by atoms with E-state index in [1.54, 1.807) is 33.0 Å². The minimum atomic E-state index is -0.961. The van der Waals surface area contributed by atoms with Gasteiger partial charge < -0.3 is 5.11 Å². The van der Waals surface area contributed by atoms with Crippen molar-refractivity contribution in [3.8, 4) is 0 Å². The van der Waals surface area contributed by atoms with Crippen molar-refractivity contribution in [2.45, 2.75) is 30.7 Å². The summed E-state index contributed by atoms with van der Waals surface area (Å²) < 4.78 is 14.3. The van der Waals surface area contributed by atoms with Gasteiger partial charge in [-0.2, -0.15) is 0 Å². The molecule has 0 saturated carbocycles. The normalized spacial score (nSPS) is 12.2. The van der Waals surface area contributed by atoms with Crippen LogP contribution in [0.4, 0.5) is 4.39 Å². The van der Waals surface area contributed by atoms with Crippen LogP contribution in [0, 0.1) is 12.7 Å². The third kappa shape index (κ3) is 3.98. The molecule has 0 aliphatic rings. The van der Waals surface area contributed by atoms with Crippen LogP contribution in [-0.4, -0.2) is 25.9 Å². The molecular formula is C16H17FN2O3S. The van der Waals surface area contributed by atoms with Crippen LogP contribution in [0.25, 0.3) is 0 Å². The number of hydrogen-bond donors (Lipinski definition) is 1. The Morgan fingerprint density at radius 2 is 2.00 bits per heavy atom. The molecule has 0 aliphatic heterocycles. The Kier molecular flexibility index (Phi) is 5.20. The molecule has 0 radical (unpaired) electrons. The van der Waals surface area contributed by atoms with E-state index in [0.29, 0.717) is 22.8 Å². The zero-order chi connectivity index (χ0) is 17.1. The Morgan fingerprint density at radius 3 is 2.57 bits per heavy atom. The standard InChI is InChI=1S/C16H17FN2O3S/c1-9-13(8-11-4-6-12(17)7-5-11)14(20)19(3)16(18-9)23-10(2)15(21)22/h4-7,10H,8H2,1-3H3,(H,21,22). The summed E-state index contributed by atoms with van der Waals surface area (Å²) in [6.45, 7) is 3.26. The number of aryl methyl sites for hydroxylation is 1. The molecule has 0 saturated heterocycles. The van der Waals surface area contributed by atoms with Gasteiger partial charge in [0.15, 0.2) is 5.16 Å². The number of carboxylic acid groups (broad SMARTS) is 1. The van der Waals surface area contributed by atoms with E-state index < -0.39 is 11.2 Å². The highest BCUT2D eigenvalue weighted by molar-refractivity contribution is 8.00. The second kappa shape index (κ2) is 6.95. The monoisotopic (exact) mass is 336 g/mol. The quantitative estimate of drug-likeness (QED) is 0.670. The van der Waals surface area contributed by atoms with Crippen LogP contribution in [0.3, 0.4) is 0 Å². The van der Waals surface area contributed by atoms with E-state index in [1.165, 1.54) is 16.7 Å². The van der Waals surface area contributed by atoms with E-state index in [2.05, 4.69) is 4.98 Å². The first kappa shape index (κ1) is 17.2. The molecule has 1 unspecified atom stereocenters. The third-order valence-corrected chi connectivity index (χ3v) is 4.61. The summed E-state index contributed by atoms with van der Waals surface area (Å²) in [7, 11) is 1.57. The number of hydrogen-bond acceptors (Lipinski definition) is 4. The minimum Gasteiger partial charge on any atom is -0.480 e.